The molecule has 4 rings (SSSR count). The second-order valence-corrected chi connectivity index (χ2v) is 13.2. The van der Waals surface area contributed by atoms with Crippen LogP contribution in [0.5, 0.6) is 0 Å². The maximum atomic E-state index is 13.3. The first-order chi connectivity index (χ1) is 23.8. The number of hydrogen-bond acceptors (Lipinski definition) is 11. The molecular formula is C37H45N5O8. The third kappa shape index (κ3) is 10.8. The van der Waals surface area contributed by atoms with Gasteiger partial charge in [-0.2, -0.15) is 4.90 Å². The number of carbonyl (C=O) groups excluding carboxylic acids is 2. The number of hydrogen-bond donors (Lipinski definition) is 0. The Morgan fingerprint density at radius 1 is 0.760 bits per heavy atom. The molecule has 0 spiro atoms. The molecule has 0 saturated carbocycles. The van der Waals surface area contributed by atoms with Crippen molar-refractivity contribution in [2.45, 2.75) is 66.0 Å². The van der Waals surface area contributed by atoms with Crippen LogP contribution in [0.4, 0.5) is 15.4 Å². The molecule has 2 heterocycles. The normalized spacial score (nSPS) is 11.6. The molecular weight excluding hydrogens is 642 g/mol. The fourth-order valence-electron chi connectivity index (χ4n) is 4.49. The van der Waals surface area contributed by atoms with Crippen LogP contribution in [0.1, 0.15) is 63.8 Å². The number of rotatable bonds is 12. The fraction of sp³-hybridized carbons (Fsp3) is 0.432. The Morgan fingerprint density at radius 3 is 1.98 bits per heavy atom. The molecule has 0 N–H and O–H groups in total. The SMILES string of the molecule is COCCOCc1ccc(COCCOC)c(C#Cc2ccc(-n3cnc4c(N(C(=O)OC(C)(C)C)C(=O)OC(C)(C)C)ncnc43)cc2)c1. The molecule has 0 aliphatic carbocycles. The van der Waals surface area contributed by atoms with Crippen LogP contribution in [0.2, 0.25) is 0 Å². The highest BCUT2D eigenvalue weighted by atomic mass is 16.6. The summed E-state index contributed by atoms with van der Waals surface area (Å²) in [5.41, 5.74) is 3.11. The van der Waals surface area contributed by atoms with Gasteiger partial charge < -0.3 is 28.4 Å². The maximum Gasteiger partial charge on any atom is 0.425 e. The molecule has 0 saturated heterocycles. The van der Waals surface area contributed by atoms with Crippen molar-refractivity contribution in [3.8, 4) is 17.5 Å². The van der Waals surface area contributed by atoms with Crippen molar-refractivity contribution >= 4 is 29.2 Å². The molecule has 2 aromatic carbocycles. The molecule has 0 atom stereocenters. The highest BCUT2D eigenvalue weighted by molar-refractivity contribution is 6.12. The van der Waals surface area contributed by atoms with Gasteiger partial charge in [0.25, 0.3) is 0 Å². The predicted molar refractivity (Wildman–Crippen MR) is 187 cm³/mol. The molecule has 0 unspecified atom stereocenters. The van der Waals surface area contributed by atoms with Gasteiger partial charge in [0.15, 0.2) is 17.0 Å². The molecule has 266 valence electrons. The van der Waals surface area contributed by atoms with Crippen molar-refractivity contribution in [2.24, 2.45) is 0 Å². The summed E-state index contributed by atoms with van der Waals surface area (Å²) in [5, 5.41) is 0. The summed E-state index contributed by atoms with van der Waals surface area (Å²) in [4.78, 5) is 40.4. The first kappa shape index (κ1) is 37.9. The van der Waals surface area contributed by atoms with Crippen LogP contribution < -0.4 is 4.90 Å². The Morgan fingerprint density at radius 2 is 1.38 bits per heavy atom. The summed E-state index contributed by atoms with van der Waals surface area (Å²) in [6.45, 7) is 13.0. The third-order valence-corrected chi connectivity index (χ3v) is 6.73. The number of nitrogens with zero attached hydrogens (tertiary/aromatic N) is 5. The summed E-state index contributed by atoms with van der Waals surface area (Å²) >= 11 is 0. The quantitative estimate of drug-likeness (QED) is 0.124. The van der Waals surface area contributed by atoms with E-state index in [1.54, 1.807) is 66.7 Å². The number of methoxy groups -OCH3 is 2. The van der Waals surface area contributed by atoms with Crippen LogP contribution in [0.25, 0.3) is 16.9 Å². The summed E-state index contributed by atoms with van der Waals surface area (Å²) in [6, 6.07) is 13.5. The van der Waals surface area contributed by atoms with E-state index in [1.807, 2.05) is 42.5 Å². The van der Waals surface area contributed by atoms with Crippen molar-refractivity contribution in [2.75, 3.05) is 45.5 Å². The first-order valence-corrected chi connectivity index (χ1v) is 16.1. The number of ether oxygens (including phenoxy) is 6. The average Bonchev–Trinajstić information content (AvgIpc) is 3.48. The van der Waals surface area contributed by atoms with Crippen LogP contribution in [0.3, 0.4) is 0 Å². The average molecular weight is 688 g/mol. The number of carbonyl (C=O) groups is 2. The monoisotopic (exact) mass is 687 g/mol. The minimum atomic E-state index is -0.946. The van der Waals surface area contributed by atoms with Gasteiger partial charge in [-0.05, 0) is 83.0 Å². The van der Waals surface area contributed by atoms with E-state index in [-0.39, 0.29) is 11.3 Å². The molecule has 2 aromatic heterocycles. The van der Waals surface area contributed by atoms with Gasteiger partial charge in [0.1, 0.15) is 23.9 Å². The lowest BCUT2D eigenvalue weighted by Gasteiger charge is -2.28. The summed E-state index contributed by atoms with van der Waals surface area (Å²) in [7, 11) is 3.28. The molecule has 2 amide bonds. The number of imidazole rings is 1. The highest BCUT2D eigenvalue weighted by Gasteiger charge is 2.35. The Labute approximate surface area is 292 Å². The summed E-state index contributed by atoms with van der Waals surface area (Å²) < 4.78 is 34.4. The third-order valence-electron chi connectivity index (χ3n) is 6.73. The zero-order chi connectivity index (χ0) is 36.3. The standard InChI is InChI=1S/C37H45N5O8/c1-36(2,3)49-34(43)42(35(44)50-37(4,5)6)33-31-32(38-24-39-33)41(25-40-31)30-15-11-26(12-16-30)9-13-28-21-27(22-47-19-17-45-7)10-14-29(28)23-48-20-18-46-8/h10-12,14-16,21,24-25H,17-20,22-23H2,1-8H3. The number of aromatic nitrogens is 4. The largest absolute Gasteiger partial charge is 0.443 e. The zero-order valence-corrected chi connectivity index (χ0v) is 29.9. The van der Waals surface area contributed by atoms with Crippen LogP contribution in [-0.2, 0) is 41.6 Å². The smallest absolute Gasteiger partial charge is 0.425 e. The van der Waals surface area contributed by atoms with E-state index in [1.165, 1.54) is 6.33 Å². The topological polar surface area (TPSA) is 136 Å². The molecule has 0 aliphatic rings. The fourth-order valence-corrected chi connectivity index (χ4v) is 4.49. The highest BCUT2D eigenvalue weighted by Crippen LogP contribution is 2.27. The molecule has 13 nitrogen and oxygen atoms in total. The minimum absolute atomic E-state index is 0.0620. The Kier molecular flexibility index (Phi) is 13.0. The van der Waals surface area contributed by atoms with Crippen molar-refractivity contribution in [1.29, 1.82) is 0 Å². The van der Waals surface area contributed by atoms with Gasteiger partial charge >= 0.3 is 12.2 Å². The predicted octanol–water partition coefficient (Wildman–Crippen LogP) is 6.22. The lowest BCUT2D eigenvalue weighted by atomic mass is 10.0. The number of imide groups is 1. The van der Waals surface area contributed by atoms with E-state index in [2.05, 4.69) is 26.8 Å². The Hall–Kier alpha value is -4.87. The Bertz CT molecular complexity index is 1790. The van der Waals surface area contributed by atoms with E-state index in [0.717, 1.165) is 32.8 Å². The van der Waals surface area contributed by atoms with Crippen LogP contribution in [0, 0.1) is 11.8 Å². The molecule has 0 aliphatic heterocycles. The minimum Gasteiger partial charge on any atom is -0.443 e. The molecule has 0 radical (unpaired) electrons. The van der Waals surface area contributed by atoms with Crippen molar-refractivity contribution in [3.63, 3.8) is 0 Å². The van der Waals surface area contributed by atoms with Crippen molar-refractivity contribution < 1.29 is 38.0 Å². The van der Waals surface area contributed by atoms with Gasteiger partial charge in [-0.15, -0.1) is 0 Å². The van der Waals surface area contributed by atoms with Gasteiger partial charge in [0.05, 0.1) is 39.6 Å². The lowest BCUT2D eigenvalue weighted by Crippen LogP contribution is -2.44. The molecule has 50 heavy (non-hydrogen) atoms. The van der Waals surface area contributed by atoms with E-state index in [4.69, 9.17) is 28.4 Å². The number of benzene rings is 2. The summed E-state index contributed by atoms with van der Waals surface area (Å²) in [6.07, 6.45) is 0.906. The number of amides is 2. The van der Waals surface area contributed by atoms with Crippen molar-refractivity contribution in [1.82, 2.24) is 19.5 Å². The zero-order valence-electron chi connectivity index (χ0n) is 29.9. The second kappa shape index (κ2) is 17.2. The number of anilines is 1. The molecule has 13 heteroatoms. The van der Waals surface area contributed by atoms with Gasteiger partial charge in [-0.1, -0.05) is 24.0 Å². The van der Waals surface area contributed by atoms with Crippen molar-refractivity contribution in [3.05, 3.63) is 77.4 Å². The van der Waals surface area contributed by atoms with Gasteiger partial charge in [0.2, 0.25) is 0 Å². The van der Waals surface area contributed by atoms with E-state index < -0.39 is 23.4 Å². The number of fused-ring (bicyclic) bond motifs is 1. The van der Waals surface area contributed by atoms with Crippen LogP contribution in [0.15, 0.2) is 55.1 Å². The van der Waals surface area contributed by atoms with E-state index in [9.17, 15) is 9.59 Å². The van der Waals surface area contributed by atoms with Crippen LogP contribution >= 0.6 is 0 Å². The van der Waals surface area contributed by atoms with Crippen LogP contribution in [-0.4, -0.2) is 83.6 Å². The second-order valence-electron chi connectivity index (χ2n) is 13.2. The van der Waals surface area contributed by atoms with Gasteiger partial charge in [0, 0.05) is 31.0 Å². The lowest BCUT2D eigenvalue weighted by molar-refractivity contribution is 0.0429. The van der Waals surface area contributed by atoms with E-state index >= 15 is 0 Å². The van der Waals surface area contributed by atoms with Gasteiger partial charge in [-0.25, -0.2) is 24.5 Å². The maximum absolute atomic E-state index is 13.3. The summed E-state index contributed by atoms with van der Waals surface area (Å²) in [5.74, 6) is 6.48. The first-order valence-electron chi connectivity index (χ1n) is 16.1. The van der Waals surface area contributed by atoms with E-state index in [0.29, 0.717) is 45.3 Å². The molecule has 0 fully saturated rings. The molecule has 0 bridgehead atoms. The Balaban J connectivity index is 1.62. The molecule has 4 aromatic rings. The van der Waals surface area contributed by atoms with Gasteiger partial charge in [-0.3, -0.25) is 4.57 Å².